The second-order valence-electron chi connectivity index (χ2n) is 7.10. The Morgan fingerprint density at radius 3 is 2.52 bits per heavy atom. The van der Waals surface area contributed by atoms with Crippen molar-refractivity contribution in [1.82, 2.24) is 5.32 Å². The molecular formula is C17H24N2O2. The zero-order chi connectivity index (χ0) is 16.1. The topological polar surface area (TPSA) is 62.1 Å². The summed E-state index contributed by atoms with van der Waals surface area (Å²) in [6.07, 6.45) is 0.871. The van der Waals surface area contributed by atoms with Crippen LogP contribution in [0.25, 0.3) is 0 Å². The Kier molecular flexibility index (Phi) is 5.37. The number of hydrogen-bond acceptors (Lipinski definition) is 3. The van der Waals surface area contributed by atoms with Gasteiger partial charge in [-0.2, -0.15) is 5.26 Å². The molecule has 4 heteroatoms. The quantitative estimate of drug-likeness (QED) is 0.904. The minimum absolute atomic E-state index is 0.0531. The summed E-state index contributed by atoms with van der Waals surface area (Å²) in [7, 11) is 0. The molecule has 21 heavy (non-hydrogen) atoms. The second kappa shape index (κ2) is 6.62. The predicted molar refractivity (Wildman–Crippen MR) is 82.9 cm³/mol. The first-order valence-electron chi connectivity index (χ1n) is 7.05. The number of hydrogen-bond donors (Lipinski definition) is 1. The van der Waals surface area contributed by atoms with Crippen LogP contribution in [0.5, 0.6) is 5.75 Å². The fourth-order valence-electron chi connectivity index (χ4n) is 2.59. The number of carbonyl (C=O) groups excluding carboxylic acids is 1. The van der Waals surface area contributed by atoms with Crippen molar-refractivity contribution in [3.05, 3.63) is 29.8 Å². The summed E-state index contributed by atoms with van der Waals surface area (Å²) in [5.41, 5.74) is 0.368. The highest BCUT2D eigenvalue weighted by atomic mass is 16.5. The molecule has 114 valence electrons. The summed E-state index contributed by atoms with van der Waals surface area (Å²) in [6, 6.07) is 8.81. The van der Waals surface area contributed by atoms with Crippen LogP contribution in [0, 0.1) is 16.7 Å². The second-order valence-corrected chi connectivity index (χ2v) is 7.10. The Balaban J connectivity index is 2.52. The largest absolute Gasteiger partial charge is 0.484 e. The maximum atomic E-state index is 12.0. The number of rotatable bonds is 5. The zero-order valence-electron chi connectivity index (χ0n) is 13.5. The van der Waals surface area contributed by atoms with Gasteiger partial charge in [0.05, 0.1) is 11.6 Å². The van der Waals surface area contributed by atoms with Crippen molar-refractivity contribution in [2.45, 2.75) is 46.6 Å². The Morgan fingerprint density at radius 1 is 1.29 bits per heavy atom. The minimum Gasteiger partial charge on any atom is -0.484 e. The molecule has 0 aliphatic carbocycles. The highest BCUT2D eigenvalue weighted by molar-refractivity contribution is 5.78. The average Bonchev–Trinajstić information content (AvgIpc) is 2.33. The van der Waals surface area contributed by atoms with E-state index >= 15 is 0 Å². The van der Waals surface area contributed by atoms with Crippen LogP contribution in [-0.4, -0.2) is 18.1 Å². The van der Waals surface area contributed by atoms with Crippen LogP contribution < -0.4 is 10.1 Å². The van der Waals surface area contributed by atoms with Crippen LogP contribution in [0.2, 0.25) is 0 Å². The number of nitriles is 1. The standard InChI is InChI=1S/C17H24N2O2/c1-16(2,3)12-17(4,5)19-15(20)11-21-14-8-6-7-13(9-14)10-18/h6-9H,11-12H2,1-5H3,(H,19,20). The Morgan fingerprint density at radius 2 is 1.95 bits per heavy atom. The van der Waals surface area contributed by atoms with E-state index in [0.717, 1.165) is 6.42 Å². The smallest absolute Gasteiger partial charge is 0.258 e. The van der Waals surface area contributed by atoms with E-state index in [1.807, 2.05) is 19.9 Å². The van der Waals surface area contributed by atoms with Crippen molar-refractivity contribution >= 4 is 5.91 Å². The van der Waals surface area contributed by atoms with E-state index in [4.69, 9.17) is 10.00 Å². The number of nitrogens with one attached hydrogen (secondary N) is 1. The third kappa shape index (κ3) is 6.80. The Hall–Kier alpha value is -2.02. The van der Waals surface area contributed by atoms with Crippen molar-refractivity contribution in [2.75, 3.05) is 6.61 Å². The normalized spacial score (nSPS) is 11.6. The number of carbonyl (C=O) groups is 1. The number of amides is 1. The summed E-state index contributed by atoms with van der Waals surface area (Å²) in [5, 5.41) is 11.8. The van der Waals surface area contributed by atoms with Crippen LogP contribution in [0.3, 0.4) is 0 Å². The van der Waals surface area contributed by atoms with E-state index in [2.05, 4.69) is 26.1 Å². The SMILES string of the molecule is CC(C)(C)CC(C)(C)NC(=O)COc1cccc(C#N)c1. The number of nitrogens with zero attached hydrogens (tertiary/aromatic N) is 1. The van der Waals surface area contributed by atoms with Gasteiger partial charge in [0, 0.05) is 5.54 Å². The highest BCUT2D eigenvalue weighted by Crippen LogP contribution is 2.26. The van der Waals surface area contributed by atoms with Gasteiger partial charge in [0.2, 0.25) is 0 Å². The third-order valence-electron chi connectivity index (χ3n) is 2.78. The van der Waals surface area contributed by atoms with Crippen LogP contribution in [0.1, 0.15) is 46.6 Å². The molecule has 0 heterocycles. The fourth-order valence-corrected chi connectivity index (χ4v) is 2.59. The molecule has 0 aromatic heterocycles. The lowest BCUT2D eigenvalue weighted by atomic mass is 9.82. The van der Waals surface area contributed by atoms with Crippen molar-refractivity contribution in [1.29, 1.82) is 5.26 Å². The van der Waals surface area contributed by atoms with E-state index in [1.165, 1.54) is 0 Å². The van der Waals surface area contributed by atoms with Crippen molar-refractivity contribution < 1.29 is 9.53 Å². The van der Waals surface area contributed by atoms with Crippen molar-refractivity contribution in [3.63, 3.8) is 0 Å². The van der Waals surface area contributed by atoms with Gasteiger partial charge < -0.3 is 10.1 Å². The molecule has 0 bridgehead atoms. The molecule has 0 radical (unpaired) electrons. The van der Waals surface area contributed by atoms with Gasteiger partial charge >= 0.3 is 0 Å². The lowest BCUT2D eigenvalue weighted by Gasteiger charge is -2.33. The molecule has 0 spiro atoms. The summed E-state index contributed by atoms with van der Waals surface area (Å²) in [5.74, 6) is 0.365. The predicted octanol–water partition coefficient (Wildman–Crippen LogP) is 3.27. The van der Waals surface area contributed by atoms with Gasteiger partial charge in [0.25, 0.3) is 5.91 Å². The molecule has 0 aliphatic heterocycles. The van der Waals surface area contributed by atoms with Gasteiger partial charge in [-0.05, 0) is 43.9 Å². The lowest BCUT2D eigenvalue weighted by Crippen LogP contribution is -2.47. The summed E-state index contributed by atoms with van der Waals surface area (Å²) in [6.45, 7) is 10.4. The lowest BCUT2D eigenvalue weighted by molar-refractivity contribution is -0.125. The van der Waals surface area contributed by atoms with Crippen LogP contribution in [0.15, 0.2) is 24.3 Å². The van der Waals surface area contributed by atoms with Gasteiger partial charge in [-0.25, -0.2) is 0 Å². The first kappa shape index (κ1) is 17.0. The van der Waals surface area contributed by atoms with Crippen LogP contribution in [-0.2, 0) is 4.79 Å². The molecular weight excluding hydrogens is 264 g/mol. The van der Waals surface area contributed by atoms with Gasteiger partial charge in [0.1, 0.15) is 5.75 Å². The van der Waals surface area contributed by atoms with Gasteiger partial charge in [-0.3, -0.25) is 4.79 Å². The third-order valence-corrected chi connectivity index (χ3v) is 2.78. The van der Waals surface area contributed by atoms with E-state index in [9.17, 15) is 4.79 Å². The molecule has 1 aromatic rings. The maximum absolute atomic E-state index is 12.0. The van der Waals surface area contributed by atoms with Crippen molar-refractivity contribution in [3.8, 4) is 11.8 Å². The average molecular weight is 288 g/mol. The molecule has 0 atom stereocenters. The molecule has 4 nitrogen and oxygen atoms in total. The van der Waals surface area contributed by atoms with Gasteiger partial charge in [0.15, 0.2) is 6.61 Å². The van der Waals surface area contributed by atoms with Crippen LogP contribution >= 0.6 is 0 Å². The monoisotopic (exact) mass is 288 g/mol. The van der Waals surface area contributed by atoms with E-state index < -0.39 is 0 Å². The van der Waals surface area contributed by atoms with Gasteiger partial charge in [-0.1, -0.05) is 26.8 Å². The summed E-state index contributed by atoms with van der Waals surface area (Å²) in [4.78, 5) is 12.0. The van der Waals surface area contributed by atoms with E-state index in [0.29, 0.717) is 11.3 Å². The Bertz CT molecular complexity index is 536. The molecule has 0 fully saturated rings. The van der Waals surface area contributed by atoms with Crippen molar-refractivity contribution in [2.24, 2.45) is 5.41 Å². The molecule has 0 saturated carbocycles. The number of ether oxygens (including phenoxy) is 1. The zero-order valence-corrected chi connectivity index (χ0v) is 13.5. The molecule has 1 rings (SSSR count). The number of benzene rings is 1. The molecule has 1 amide bonds. The Labute approximate surface area is 127 Å². The maximum Gasteiger partial charge on any atom is 0.258 e. The van der Waals surface area contributed by atoms with Crippen LogP contribution in [0.4, 0.5) is 0 Å². The molecule has 0 aliphatic rings. The molecule has 1 aromatic carbocycles. The first-order chi connectivity index (χ1) is 9.61. The highest BCUT2D eigenvalue weighted by Gasteiger charge is 2.26. The molecule has 0 saturated heterocycles. The van der Waals surface area contributed by atoms with E-state index in [-0.39, 0.29) is 23.5 Å². The van der Waals surface area contributed by atoms with Gasteiger partial charge in [-0.15, -0.1) is 0 Å². The summed E-state index contributed by atoms with van der Waals surface area (Å²) < 4.78 is 5.42. The minimum atomic E-state index is -0.285. The molecule has 1 N–H and O–H groups in total. The van der Waals surface area contributed by atoms with E-state index in [1.54, 1.807) is 24.3 Å². The first-order valence-corrected chi connectivity index (χ1v) is 7.05. The molecule has 0 unspecified atom stereocenters. The summed E-state index contributed by atoms with van der Waals surface area (Å²) >= 11 is 0. The fraction of sp³-hybridized carbons (Fsp3) is 0.529.